The number of hydrazine groups is 1. The first-order valence-corrected chi connectivity index (χ1v) is 7.68. The number of amides is 1. The van der Waals surface area contributed by atoms with E-state index in [1.54, 1.807) is 18.0 Å². The molecular weight excluding hydrogens is 264 g/mol. The molecule has 0 bridgehead atoms. The third-order valence-corrected chi connectivity index (χ3v) is 4.17. The molecule has 21 heavy (non-hydrogen) atoms. The molecule has 1 fully saturated rings. The summed E-state index contributed by atoms with van der Waals surface area (Å²) in [4.78, 5) is 18.0. The van der Waals surface area contributed by atoms with Crippen molar-refractivity contribution in [2.24, 2.45) is 0 Å². The molecule has 112 valence electrons. The largest absolute Gasteiger partial charge is 0.290 e. The Kier molecular flexibility index (Phi) is 4.20. The van der Waals surface area contributed by atoms with E-state index in [4.69, 9.17) is 0 Å². The Bertz CT molecular complexity index is 510. The van der Waals surface area contributed by atoms with Crippen LogP contribution in [0.1, 0.15) is 50.9 Å². The lowest BCUT2D eigenvalue weighted by atomic mass is 9.96. The van der Waals surface area contributed by atoms with Gasteiger partial charge in [-0.25, -0.2) is 5.43 Å². The monoisotopic (exact) mass is 286 g/mol. The van der Waals surface area contributed by atoms with Crippen molar-refractivity contribution in [3.63, 3.8) is 0 Å². The molecule has 0 aromatic carbocycles. The van der Waals surface area contributed by atoms with Crippen molar-refractivity contribution in [2.45, 2.75) is 51.2 Å². The summed E-state index contributed by atoms with van der Waals surface area (Å²) in [7, 11) is 0. The Morgan fingerprint density at radius 3 is 2.71 bits per heavy atom. The van der Waals surface area contributed by atoms with Gasteiger partial charge in [0.05, 0.1) is 5.69 Å². The molecule has 1 aliphatic carbocycles. The van der Waals surface area contributed by atoms with E-state index in [1.807, 2.05) is 35.6 Å². The fourth-order valence-electron chi connectivity index (χ4n) is 3.09. The second kappa shape index (κ2) is 6.26. The summed E-state index contributed by atoms with van der Waals surface area (Å²) in [6, 6.07) is 6.30. The highest BCUT2D eigenvalue weighted by atomic mass is 16.2. The van der Waals surface area contributed by atoms with E-state index in [0.29, 0.717) is 6.04 Å². The Labute approximate surface area is 125 Å². The Hall–Kier alpha value is -1.88. The number of rotatable bonds is 3. The lowest BCUT2D eigenvalue weighted by Crippen LogP contribution is -2.46. The first-order chi connectivity index (χ1) is 10.3. The summed E-state index contributed by atoms with van der Waals surface area (Å²) in [5.41, 5.74) is 4.44. The molecule has 3 rings (SSSR count). The van der Waals surface area contributed by atoms with Gasteiger partial charge >= 0.3 is 0 Å². The number of aromatic nitrogens is 1. The van der Waals surface area contributed by atoms with Gasteiger partial charge in [0, 0.05) is 31.6 Å². The third-order valence-electron chi connectivity index (χ3n) is 4.17. The van der Waals surface area contributed by atoms with E-state index in [9.17, 15) is 4.79 Å². The van der Waals surface area contributed by atoms with E-state index in [-0.39, 0.29) is 12.1 Å². The normalized spacial score (nSPS) is 22.8. The Morgan fingerprint density at radius 1 is 1.24 bits per heavy atom. The van der Waals surface area contributed by atoms with E-state index < -0.39 is 0 Å². The average molecular weight is 286 g/mol. The molecule has 5 heteroatoms. The van der Waals surface area contributed by atoms with Gasteiger partial charge in [0.1, 0.15) is 0 Å². The zero-order valence-electron chi connectivity index (χ0n) is 12.4. The van der Waals surface area contributed by atoms with Crippen LogP contribution in [0.15, 0.2) is 36.8 Å². The van der Waals surface area contributed by atoms with Crippen molar-refractivity contribution in [1.82, 2.24) is 20.3 Å². The first-order valence-electron chi connectivity index (χ1n) is 7.68. The minimum absolute atomic E-state index is 0.0230. The molecule has 1 aliphatic heterocycles. The quantitative estimate of drug-likeness (QED) is 0.927. The van der Waals surface area contributed by atoms with Crippen LogP contribution in [0.4, 0.5) is 0 Å². The third kappa shape index (κ3) is 3.08. The van der Waals surface area contributed by atoms with Gasteiger partial charge in [0.25, 0.3) is 0 Å². The molecule has 1 unspecified atom stereocenters. The lowest BCUT2D eigenvalue weighted by molar-refractivity contribution is -0.130. The van der Waals surface area contributed by atoms with Gasteiger partial charge in [0.2, 0.25) is 5.91 Å². The number of hydrogen-bond acceptors (Lipinski definition) is 4. The molecule has 1 saturated carbocycles. The molecule has 1 atom stereocenters. The maximum absolute atomic E-state index is 11.9. The fraction of sp³-hybridized carbons (Fsp3) is 0.500. The smallest absolute Gasteiger partial charge is 0.225 e. The molecule has 5 nitrogen and oxygen atoms in total. The fourth-order valence-corrected chi connectivity index (χ4v) is 3.09. The number of pyridine rings is 1. The minimum atomic E-state index is -0.189. The number of carbonyl (C=O) groups excluding carboxylic acids is 1. The molecule has 2 aliphatic rings. The van der Waals surface area contributed by atoms with Crippen molar-refractivity contribution < 1.29 is 4.79 Å². The molecule has 0 saturated heterocycles. The van der Waals surface area contributed by atoms with Crippen LogP contribution in [-0.4, -0.2) is 26.8 Å². The van der Waals surface area contributed by atoms with Crippen LogP contribution in [0.5, 0.6) is 0 Å². The SMILES string of the molecule is CC(=O)N1C=CN(NC2CCCCC2)C1c1ccccn1. The predicted octanol–water partition coefficient (Wildman–Crippen LogP) is 2.55. The average Bonchev–Trinajstić information content (AvgIpc) is 2.93. The summed E-state index contributed by atoms with van der Waals surface area (Å²) < 4.78 is 0. The van der Waals surface area contributed by atoms with Gasteiger partial charge in [-0.3, -0.25) is 19.7 Å². The van der Waals surface area contributed by atoms with Crippen molar-refractivity contribution in [2.75, 3.05) is 0 Å². The van der Waals surface area contributed by atoms with Crippen molar-refractivity contribution >= 4 is 5.91 Å². The highest BCUT2D eigenvalue weighted by Crippen LogP contribution is 2.29. The second-order valence-electron chi connectivity index (χ2n) is 5.72. The van der Waals surface area contributed by atoms with Gasteiger partial charge in [-0.05, 0) is 25.0 Å². The summed E-state index contributed by atoms with van der Waals surface area (Å²) in [6.45, 7) is 1.59. The number of hydrogen-bond donors (Lipinski definition) is 1. The van der Waals surface area contributed by atoms with Gasteiger partial charge in [-0.15, -0.1) is 0 Å². The van der Waals surface area contributed by atoms with Gasteiger partial charge in [-0.2, -0.15) is 0 Å². The summed E-state index contributed by atoms with van der Waals surface area (Å²) in [5, 5.41) is 2.03. The van der Waals surface area contributed by atoms with Gasteiger partial charge in [0.15, 0.2) is 6.17 Å². The highest BCUT2D eigenvalue weighted by Gasteiger charge is 2.32. The van der Waals surface area contributed by atoms with Crippen LogP contribution in [-0.2, 0) is 4.79 Å². The molecular formula is C16H22N4O. The number of nitrogens with one attached hydrogen (secondary N) is 1. The van der Waals surface area contributed by atoms with Crippen LogP contribution in [0.25, 0.3) is 0 Å². The minimum Gasteiger partial charge on any atom is -0.290 e. The molecule has 1 amide bonds. The van der Waals surface area contributed by atoms with Crippen molar-refractivity contribution in [3.05, 3.63) is 42.5 Å². The van der Waals surface area contributed by atoms with Crippen molar-refractivity contribution in [1.29, 1.82) is 0 Å². The maximum Gasteiger partial charge on any atom is 0.225 e. The van der Waals surface area contributed by atoms with Crippen LogP contribution >= 0.6 is 0 Å². The molecule has 2 heterocycles. The number of nitrogens with zero attached hydrogens (tertiary/aromatic N) is 3. The molecule has 0 spiro atoms. The van der Waals surface area contributed by atoms with Gasteiger partial charge in [-0.1, -0.05) is 25.3 Å². The van der Waals surface area contributed by atoms with E-state index in [2.05, 4.69) is 10.4 Å². The van der Waals surface area contributed by atoms with Crippen LogP contribution in [0, 0.1) is 0 Å². The lowest BCUT2D eigenvalue weighted by Gasteiger charge is -2.34. The van der Waals surface area contributed by atoms with E-state index in [1.165, 1.54) is 32.1 Å². The maximum atomic E-state index is 11.9. The standard InChI is InChI=1S/C16H22N4O/c1-13(21)19-11-12-20(18-14-7-3-2-4-8-14)16(19)15-9-5-6-10-17-15/h5-6,9-12,14,16,18H,2-4,7-8H2,1H3. The van der Waals surface area contributed by atoms with Crippen molar-refractivity contribution in [3.8, 4) is 0 Å². The summed E-state index contributed by atoms with van der Waals surface area (Å²) in [5.74, 6) is 0.0230. The zero-order valence-corrected chi connectivity index (χ0v) is 12.4. The Balaban J connectivity index is 1.78. The van der Waals surface area contributed by atoms with E-state index in [0.717, 1.165) is 5.69 Å². The highest BCUT2D eigenvalue weighted by molar-refractivity contribution is 5.75. The molecule has 1 aromatic rings. The number of carbonyl (C=O) groups is 1. The predicted molar refractivity (Wildman–Crippen MR) is 80.5 cm³/mol. The van der Waals surface area contributed by atoms with E-state index >= 15 is 0 Å². The van der Waals surface area contributed by atoms with Crippen LogP contribution in [0.2, 0.25) is 0 Å². The second-order valence-corrected chi connectivity index (χ2v) is 5.72. The molecule has 1 aromatic heterocycles. The summed E-state index contributed by atoms with van der Waals surface area (Å²) >= 11 is 0. The topological polar surface area (TPSA) is 48.5 Å². The summed E-state index contributed by atoms with van der Waals surface area (Å²) in [6.07, 6.45) is 11.6. The van der Waals surface area contributed by atoms with Gasteiger partial charge < -0.3 is 0 Å². The molecule has 0 radical (unpaired) electrons. The molecule has 1 N–H and O–H groups in total. The Morgan fingerprint density at radius 2 is 2.05 bits per heavy atom. The first kappa shape index (κ1) is 14.1. The van der Waals surface area contributed by atoms with Crippen LogP contribution in [0.3, 0.4) is 0 Å². The van der Waals surface area contributed by atoms with Crippen LogP contribution < -0.4 is 5.43 Å². The zero-order chi connectivity index (χ0) is 14.7.